The minimum absolute atomic E-state index is 0.0239. The van der Waals surface area contributed by atoms with E-state index in [2.05, 4.69) is 20.4 Å². The molecule has 0 aliphatic heterocycles. The van der Waals surface area contributed by atoms with E-state index >= 15 is 0 Å². The van der Waals surface area contributed by atoms with Crippen molar-refractivity contribution < 1.29 is 36.2 Å². The quantitative estimate of drug-likeness (QED) is 0.375. The molecule has 1 aromatic carbocycles. The topological polar surface area (TPSA) is 92.9 Å². The molecule has 0 aliphatic rings. The Bertz CT molecular complexity index is 1340. The van der Waals surface area contributed by atoms with E-state index in [4.69, 9.17) is 0 Å². The Morgan fingerprint density at radius 3 is 1.86 bits per heavy atom. The summed E-state index contributed by atoms with van der Waals surface area (Å²) in [6.45, 7) is 0. The fourth-order valence-corrected chi connectivity index (χ4v) is 3.35. The monoisotopic (exact) mass is 507 g/mol. The number of anilines is 1. The van der Waals surface area contributed by atoms with Crippen LogP contribution in [0.25, 0.3) is 16.9 Å². The van der Waals surface area contributed by atoms with Crippen LogP contribution < -0.4 is 5.32 Å². The number of aliphatic hydroxyl groups is 1. The second-order valence-electron chi connectivity index (χ2n) is 7.51. The zero-order chi connectivity index (χ0) is 26.1. The number of aromatic nitrogens is 4. The predicted octanol–water partition coefficient (Wildman–Crippen LogP) is 4.89. The minimum atomic E-state index is -6.02. The number of rotatable bonds is 5. The highest BCUT2D eigenvalue weighted by molar-refractivity contribution is 6.04. The maximum Gasteiger partial charge on any atom is 0.430 e. The zero-order valence-corrected chi connectivity index (χ0v) is 17.9. The summed E-state index contributed by atoms with van der Waals surface area (Å²) in [6, 6.07) is 10.5. The van der Waals surface area contributed by atoms with Crippen LogP contribution in [-0.2, 0) is 5.60 Å². The number of hydrogen-bond donors (Lipinski definition) is 2. The highest BCUT2D eigenvalue weighted by Gasteiger charge is 2.71. The van der Waals surface area contributed by atoms with Gasteiger partial charge in [0.05, 0.1) is 11.4 Å². The van der Waals surface area contributed by atoms with Gasteiger partial charge in [0.1, 0.15) is 5.82 Å². The van der Waals surface area contributed by atoms with E-state index in [0.717, 1.165) is 16.8 Å². The van der Waals surface area contributed by atoms with Crippen molar-refractivity contribution in [3.05, 3.63) is 90.5 Å². The molecule has 0 aliphatic carbocycles. The molecule has 2 N–H and O–H groups in total. The molecule has 4 aromatic rings. The van der Waals surface area contributed by atoms with Gasteiger partial charge in [-0.1, -0.05) is 12.1 Å². The van der Waals surface area contributed by atoms with E-state index in [-0.39, 0.29) is 17.1 Å². The van der Waals surface area contributed by atoms with Crippen molar-refractivity contribution in [2.24, 2.45) is 0 Å². The molecule has 7 nitrogen and oxygen atoms in total. The van der Waals surface area contributed by atoms with Gasteiger partial charge in [-0.3, -0.25) is 14.8 Å². The highest BCUT2D eigenvalue weighted by Crippen LogP contribution is 2.50. The number of halogens is 6. The first kappa shape index (κ1) is 24.9. The van der Waals surface area contributed by atoms with Gasteiger partial charge in [0, 0.05) is 47.5 Å². The van der Waals surface area contributed by atoms with Crippen molar-refractivity contribution in [3.8, 4) is 16.9 Å². The first-order chi connectivity index (χ1) is 16.9. The van der Waals surface area contributed by atoms with Crippen LogP contribution in [0.2, 0.25) is 0 Å². The summed E-state index contributed by atoms with van der Waals surface area (Å²) in [6.07, 6.45) is -6.25. The van der Waals surface area contributed by atoms with E-state index in [1.54, 1.807) is 12.1 Å². The lowest BCUT2D eigenvalue weighted by molar-refractivity contribution is -0.376. The minimum Gasteiger partial charge on any atom is -0.369 e. The third-order valence-corrected chi connectivity index (χ3v) is 5.22. The maximum absolute atomic E-state index is 13.2. The second-order valence-corrected chi connectivity index (χ2v) is 7.51. The number of carbonyl (C=O) groups excluding carboxylic acids is 1. The Kier molecular flexibility index (Phi) is 6.26. The molecule has 0 radical (unpaired) electrons. The van der Waals surface area contributed by atoms with Crippen LogP contribution in [0.5, 0.6) is 0 Å². The lowest BCUT2D eigenvalue weighted by Crippen LogP contribution is -2.53. The van der Waals surface area contributed by atoms with Gasteiger partial charge in [-0.25, -0.2) is 4.68 Å². The lowest BCUT2D eigenvalue weighted by Gasteiger charge is -2.32. The smallest absolute Gasteiger partial charge is 0.369 e. The van der Waals surface area contributed by atoms with E-state index in [1.807, 2.05) is 0 Å². The second kappa shape index (κ2) is 9.07. The predicted molar refractivity (Wildman–Crippen MR) is 115 cm³/mol. The summed E-state index contributed by atoms with van der Waals surface area (Å²) in [5.41, 5.74) is -5.29. The van der Waals surface area contributed by atoms with Crippen LogP contribution in [0.4, 0.5) is 32.2 Å². The van der Waals surface area contributed by atoms with Gasteiger partial charge in [0.2, 0.25) is 0 Å². The molecule has 36 heavy (non-hydrogen) atoms. The van der Waals surface area contributed by atoms with Crippen molar-refractivity contribution in [2.45, 2.75) is 18.0 Å². The number of nitrogens with zero attached hydrogens (tertiary/aromatic N) is 4. The van der Waals surface area contributed by atoms with Gasteiger partial charge >= 0.3 is 12.4 Å². The van der Waals surface area contributed by atoms with E-state index in [0.29, 0.717) is 23.4 Å². The van der Waals surface area contributed by atoms with Gasteiger partial charge in [-0.05, 0) is 36.4 Å². The molecule has 0 unspecified atom stereocenters. The summed E-state index contributed by atoms with van der Waals surface area (Å²) in [5.74, 6) is -0.474. The van der Waals surface area contributed by atoms with Crippen molar-refractivity contribution in [2.75, 3.05) is 5.32 Å². The third kappa shape index (κ3) is 4.52. The van der Waals surface area contributed by atoms with Gasteiger partial charge in [0.15, 0.2) is 0 Å². The van der Waals surface area contributed by atoms with Gasteiger partial charge in [-0.15, -0.1) is 0 Å². The summed E-state index contributed by atoms with van der Waals surface area (Å²) in [4.78, 5) is 20.4. The molecule has 4 rings (SSSR count). The fourth-order valence-electron chi connectivity index (χ4n) is 3.35. The Morgan fingerprint density at radius 2 is 1.33 bits per heavy atom. The number of amides is 1. The van der Waals surface area contributed by atoms with Crippen LogP contribution in [-0.4, -0.2) is 43.1 Å². The average molecular weight is 507 g/mol. The first-order valence-electron chi connectivity index (χ1n) is 10.1. The third-order valence-electron chi connectivity index (χ3n) is 5.22. The summed E-state index contributed by atoms with van der Waals surface area (Å²) >= 11 is 0. The molecule has 3 aromatic heterocycles. The summed E-state index contributed by atoms with van der Waals surface area (Å²) in [5, 5.41) is 16.6. The summed E-state index contributed by atoms with van der Waals surface area (Å²) in [7, 11) is 0. The van der Waals surface area contributed by atoms with Crippen molar-refractivity contribution >= 4 is 11.7 Å². The van der Waals surface area contributed by atoms with E-state index in [1.165, 1.54) is 43.0 Å². The molecule has 3 heterocycles. The highest BCUT2D eigenvalue weighted by atomic mass is 19.4. The van der Waals surface area contributed by atoms with E-state index < -0.39 is 29.4 Å². The van der Waals surface area contributed by atoms with Crippen molar-refractivity contribution in [3.63, 3.8) is 0 Å². The van der Waals surface area contributed by atoms with Crippen molar-refractivity contribution in [1.29, 1.82) is 0 Å². The molecule has 13 heteroatoms. The number of hydrogen-bond acceptors (Lipinski definition) is 5. The maximum atomic E-state index is 13.2. The molecule has 186 valence electrons. The van der Waals surface area contributed by atoms with Crippen LogP contribution in [0.15, 0.2) is 79.4 Å². The number of carbonyl (C=O) groups is 1. The number of nitrogens with one attached hydrogen (secondary N) is 1. The van der Waals surface area contributed by atoms with Crippen LogP contribution in [0.1, 0.15) is 15.9 Å². The molecule has 1 amide bonds. The Morgan fingerprint density at radius 1 is 0.806 bits per heavy atom. The standard InChI is InChI=1S/C23H15F6N5O2/c24-22(25,26)21(36,23(27,28)29)16-1-3-17(4-2-16)34-19(32-20(35)15-7-11-31-12-8-15)13-18(33-34)14-5-9-30-10-6-14/h1-13,36H,(H,32,35). The molecule has 0 bridgehead atoms. The molecule has 0 spiro atoms. The molecule has 0 saturated carbocycles. The van der Waals surface area contributed by atoms with Gasteiger partial charge in [-0.2, -0.15) is 31.4 Å². The molecule has 0 saturated heterocycles. The lowest BCUT2D eigenvalue weighted by atomic mass is 9.92. The Labute approximate surface area is 199 Å². The van der Waals surface area contributed by atoms with Gasteiger partial charge in [0.25, 0.3) is 11.5 Å². The largest absolute Gasteiger partial charge is 0.430 e. The molecule has 0 fully saturated rings. The number of alkyl halides is 6. The average Bonchev–Trinajstić information content (AvgIpc) is 3.27. The summed E-state index contributed by atoms with van der Waals surface area (Å²) < 4.78 is 80.5. The molecular weight excluding hydrogens is 492 g/mol. The molecular formula is C23H15F6N5O2. The van der Waals surface area contributed by atoms with Gasteiger partial charge < -0.3 is 10.4 Å². The number of pyridine rings is 2. The first-order valence-corrected chi connectivity index (χ1v) is 10.1. The fraction of sp³-hybridized carbons (Fsp3) is 0.130. The number of benzene rings is 1. The molecule has 0 atom stereocenters. The van der Waals surface area contributed by atoms with Crippen LogP contribution in [0.3, 0.4) is 0 Å². The van der Waals surface area contributed by atoms with Crippen molar-refractivity contribution in [1.82, 2.24) is 19.7 Å². The zero-order valence-electron chi connectivity index (χ0n) is 17.9. The normalized spacial score (nSPS) is 12.4. The SMILES string of the molecule is O=C(Nc1cc(-c2ccncc2)nn1-c1ccc(C(O)(C(F)(F)F)C(F)(F)F)cc1)c1ccncc1. The Balaban J connectivity index is 1.77. The van der Waals surface area contributed by atoms with E-state index in [9.17, 15) is 36.2 Å². The Hall–Kier alpha value is -4.26. The van der Waals surface area contributed by atoms with Crippen LogP contribution in [0, 0.1) is 0 Å². The van der Waals surface area contributed by atoms with Crippen LogP contribution >= 0.6 is 0 Å².